The fourth-order valence-electron chi connectivity index (χ4n) is 3.87. The second-order valence-corrected chi connectivity index (χ2v) is 7.42. The Morgan fingerprint density at radius 1 is 1.20 bits per heavy atom. The fraction of sp³-hybridized carbons (Fsp3) is 0.381. The maximum atomic E-state index is 6.28. The topological polar surface area (TPSA) is 21.1 Å². The number of halogens is 1. The Morgan fingerprint density at radius 3 is 2.84 bits per heavy atom. The first-order chi connectivity index (χ1) is 12.2. The summed E-state index contributed by atoms with van der Waals surface area (Å²) >= 11 is 6.28. The van der Waals surface area contributed by atoms with Crippen molar-refractivity contribution < 1.29 is 0 Å². The molecule has 0 unspecified atom stereocenters. The molecular weight excluding hydrogens is 330 g/mol. The Hall–Kier alpha value is -1.84. The summed E-state index contributed by atoms with van der Waals surface area (Å²) in [5.41, 5.74) is 6.70. The van der Waals surface area contributed by atoms with Crippen LogP contribution in [-0.2, 0) is 32.4 Å². The number of rotatable bonds is 4. The first-order valence-electron chi connectivity index (χ1n) is 9.07. The molecule has 4 heteroatoms. The first-order valence-corrected chi connectivity index (χ1v) is 9.45. The smallest absolute Gasteiger partial charge is 0.0487 e. The van der Waals surface area contributed by atoms with Gasteiger partial charge in [-0.2, -0.15) is 0 Å². The van der Waals surface area contributed by atoms with E-state index in [4.69, 9.17) is 11.6 Å². The molecule has 1 aliphatic rings. The molecule has 0 fully saturated rings. The lowest BCUT2D eigenvalue weighted by Gasteiger charge is -2.24. The number of aromatic nitrogens is 2. The van der Waals surface area contributed by atoms with Crippen LogP contribution in [0.4, 0.5) is 0 Å². The molecule has 3 nitrogen and oxygen atoms in total. The largest absolute Gasteiger partial charge is 0.344 e. The Bertz CT molecular complexity index is 896. The van der Waals surface area contributed by atoms with Crippen molar-refractivity contribution in [3.05, 3.63) is 64.1 Å². The second-order valence-electron chi connectivity index (χ2n) is 6.99. The minimum Gasteiger partial charge on any atom is -0.344 e. The van der Waals surface area contributed by atoms with E-state index in [1.807, 2.05) is 12.3 Å². The highest BCUT2D eigenvalue weighted by atomic mass is 35.5. The van der Waals surface area contributed by atoms with E-state index in [9.17, 15) is 0 Å². The van der Waals surface area contributed by atoms with Crippen LogP contribution in [-0.4, -0.2) is 28.0 Å². The van der Waals surface area contributed by atoms with Crippen molar-refractivity contribution in [1.82, 2.24) is 14.5 Å². The van der Waals surface area contributed by atoms with E-state index in [0.717, 1.165) is 49.6 Å². The number of nitrogens with zero attached hydrogens (tertiary/aromatic N) is 3. The van der Waals surface area contributed by atoms with Crippen LogP contribution in [0.3, 0.4) is 0 Å². The van der Waals surface area contributed by atoms with E-state index >= 15 is 0 Å². The van der Waals surface area contributed by atoms with Crippen molar-refractivity contribution in [2.75, 3.05) is 13.6 Å². The molecule has 1 aromatic carbocycles. The zero-order valence-electron chi connectivity index (χ0n) is 14.9. The van der Waals surface area contributed by atoms with Crippen LogP contribution in [0.15, 0.2) is 36.5 Å². The molecule has 1 aliphatic heterocycles. The molecule has 0 N–H and O–H groups in total. The monoisotopic (exact) mass is 353 g/mol. The third-order valence-corrected chi connectivity index (χ3v) is 5.51. The lowest BCUT2D eigenvalue weighted by molar-refractivity contribution is 0.309. The normalized spacial score (nSPS) is 14.8. The highest BCUT2D eigenvalue weighted by Gasteiger charge is 2.22. The zero-order chi connectivity index (χ0) is 17.4. The molecule has 3 aromatic rings. The molecule has 3 heterocycles. The number of aryl methyl sites for hydroxylation is 3. The van der Waals surface area contributed by atoms with Crippen LogP contribution in [0, 0.1) is 0 Å². The average Bonchev–Trinajstić information content (AvgIpc) is 2.92. The van der Waals surface area contributed by atoms with Gasteiger partial charge >= 0.3 is 0 Å². The van der Waals surface area contributed by atoms with Gasteiger partial charge in [-0.15, -0.1) is 0 Å². The van der Waals surface area contributed by atoms with E-state index in [2.05, 4.69) is 52.7 Å². The molecule has 4 rings (SSSR count). The van der Waals surface area contributed by atoms with Crippen molar-refractivity contribution in [2.24, 2.45) is 0 Å². The molecular formula is C21H24ClN3. The summed E-state index contributed by atoms with van der Waals surface area (Å²) in [7, 11) is 2.19. The zero-order valence-corrected chi connectivity index (χ0v) is 15.7. The maximum Gasteiger partial charge on any atom is 0.0487 e. The lowest BCUT2D eigenvalue weighted by atomic mass is 10.1. The highest BCUT2D eigenvalue weighted by molar-refractivity contribution is 6.31. The van der Waals surface area contributed by atoms with E-state index in [-0.39, 0.29) is 0 Å². The van der Waals surface area contributed by atoms with Crippen LogP contribution >= 0.6 is 11.6 Å². The lowest BCUT2D eigenvalue weighted by Crippen LogP contribution is -2.27. The number of benzene rings is 1. The summed E-state index contributed by atoms with van der Waals surface area (Å²) in [6.45, 7) is 5.25. The Morgan fingerprint density at radius 2 is 2.08 bits per heavy atom. The van der Waals surface area contributed by atoms with Gasteiger partial charge in [0.05, 0.1) is 0 Å². The van der Waals surface area contributed by atoms with Gasteiger partial charge in [0.2, 0.25) is 0 Å². The van der Waals surface area contributed by atoms with Gasteiger partial charge in [0.1, 0.15) is 0 Å². The van der Waals surface area contributed by atoms with Gasteiger partial charge in [-0.25, -0.2) is 0 Å². The summed E-state index contributed by atoms with van der Waals surface area (Å²) in [5.74, 6) is 0. The molecule has 0 amide bonds. The minimum atomic E-state index is 0.819. The molecule has 2 aromatic heterocycles. The van der Waals surface area contributed by atoms with Crippen molar-refractivity contribution in [3.8, 4) is 0 Å². The summed E-state index contributed by atoms with van der Waals surface area (Å²) in [4.78, 5) is 6.92. The molecule has 0 saturated heterocycles. The van der Waals surface area contributed by atoms with Crippen LogP contribution in [0.25, 0.3) is 10.9 Å². The van der Waals surface area contributed by atoms with Crippen LogP contribution < -0.4 is 0 Å². The Labute approximate surface area is 154 Å². The number of fused-ring (bicyclic) bond motifs is 3. The standard InChI is InChI=1S/C21H24ClN3/c1-3-17-6-4-15(13-23-17)8-11-25-20-7-5-16(22)12-18(20)19-14-24(2)10-9-21(19)25/h4-7,12-13H,3,8-11,14H2,1-2H3. The van der Waals surface area contributed by atoms with Crippen LogP contribution in [0.5, 0.6) is 0 Å². The van der Waals surface area contributed by atoms with Gasteiger partial charge in [0, 0.05) is 59.6 Å². The molecule has 0 spiro atoms. The Balaban J connectivity index is 1.68. The first kappa shape index (κ1) is 16.6. The number of hydrogen-bond acceptors (Lipinski definition) is 2. The maximum absolute atomic E-state index is 6.28. The minimum absolute atomic E-state index is 0.819. The summed E-state index contributed by atoms with van der Waals surface area (Å²) in [6, 6.07) is 10.7. The van der Waals surface area contributed by atoms with Crippen LogP contribution in [0.1, 0.15) is 29.4 Å². The van der Waals surface area contributed by atoms with Gasteiger partial charge in [0.25, 0.3) is 0 Å². The molecule has 0 atom stereocenters. The van der Waals surface area contributed by atoms with Gasteiger partial charge in [-0.3, -0.25) is 4.98 Å². The van der Waals surface area contributed by atoms with Crippen molar-refractivity contribution in [1.29, 1.82) is 0 Å². The van der Waals surface area contributed by atoms with Crippen molar-refractivity contribution in [3.63, 3.8) is 0 Å². The third-order valence-electron chi connectivity index (χ3n) is 5.28. The quantitative estimate of drug-likeness (QED) is 0.689. The van der Waals surface area contributed by atoms with E-state index < -0.39 is 0 Å². The molecule has 0 aliphatic carbocycles. The molecule has 130 valence electrons. The molecule has 0 bridgehead atoms. The van der Waals surface area contributed by atoms with E-state index in [1.54, 1.807) is 0 Å². The predicted octanol–water partition coefficient (Wildman–Crippen LogP) is 4.48. The van der Waals surface area contributed by atoms with E-state index in [1.165, 1.54) is 27.7 Å². The van der Waals surface area contributed by atoms with Gasteiger partial charge in [-0.1, -0.05) is 24.6 Å². The van der Waals surface area contributed by atoms with Crippen molar-refractivity contribution >= 4 is 22.5 Å². The predicted molar refractivity (Wildman–Crippen MR) is 104 cm³/mol. The highest BCUT2D eigenvalue weighted by Crippen LogP contribution is 2.32. The Kier molecular flexibility index (Phi) is 4.53. The summed E-state index contributed by atoms with van der Waals surface area (Å²) in [5, 5.41) is 2.13. The summed E-state index contributed by atoms with van der Waals surface area (Å²) < 4.78 is 2.50. The number of likely N-dealkylation sites (N-methyl/N-ethyl adjacent to an activating group) is 1. The van der Waals surface area contributed by atoms with Crippen LogP contribution in [0.2, 0.25) is 5.02 Å². The number of hydrogen-bond donors (Lipinski definition) is 0. The van der Waals surface area contributed by atoms with Gasteiger partial charge < -0.3 is 9.47 Å². The van der Waals surface area contributed by atoms with Crippen molar-refractivity contribution in [2.45, 2.75) is 39.3 Å². The molecule has 0 saturated carbocycles. The van der Waals surface area contributed by atoms with Gasteiger partial charge in [-0.05, 0) is 55.3 Å². The molecule has 0 radical (unpaired) electrons. The average molecular weight is 354 g/mol. The SMILES string of the molecule is CCc1ccc(CCn2c3c(c4cc(Cl)ccc42)CN(C)CC3)cn1. The molecule has 25 heavy (non-hydrogen) atoms. The van der Waals surface area contributed by atoms with E-state index in [0.29, 0.717) is 0 Å². The fourth-order valence-corrected chi connectivity index (χ4v) is 4.04. The number of pyridine rings is 1. The summed E-state index contributed by atoms with van der Waals surface area (Å²) in [6.07, 6.45) is 5.13. The van der Waals surface area contributed by atoms with Gasteiger partial charge in [0.15, 0.2) is 0 Å². The third kappa shape index (κ3) is 3.19. The second kappa shape index (κ2) is 6.81.